The molecule has 3 nitrogen and oxygen atoms in total. The van der Waals surface area contributed by atoms with Crippen LogP contribution in [0.1, 0.15) is 50.8 Å². The third kappa shape index (κ3) is 2.95. The van der Waals surface area contributed by atoms with Gasteiger partial charge in [0.1, 0.15) is 12.0 Å². The predicted octanol–water partition coefficient (Wildman–Crippen LogP) is 3.22. The van der Waals surface area contributed by atoms with Crippen molar-refractivity contribution < 1.29 is 9.18 Å². The van der Waals surface area contributed by atoms with E-state index >= 15 is 0 Å². The second-order valence-corrected chi connectivity index (χ2v) is 6.22. The number of halogens is 1. The van der Waals surface area contributed by atoms with Gasteiger partial charge in [0.15, 0.2) is 0 Å². The van der Waals surface area contributed by atoms with Crippen molar-refractivity contribution >= 4 is 5.91 Å². The third-order valence-electron chi connectivity index (χ3n) is 4.99. The normalized spacial score (nSPS) is 29.9. The van der Waals surface area contributed by atoms with Gasteiger partial charge in [0.2, 0.25) is 5.91 Å². The lowest BCUT2D eigenvalue weighted by atomic mass is 9.83. The molecule has 2 fully saturated rings. The van der Waals surface area contributed by atoms with Crippen molar-refractivity contribution in [1.82, 2.24) is 10.2 Å². The SMILES string of the molecule is CCC1CCC(N2C(=O)CNC2c2ccc(F)cc2)CC1. The number of nitrogens with one attached hydrogen (secondary N) is 1. The van der Waals surface area contributed by atoms with Crippen LogP contribution in [-0.4, -0.2) is 23.4 Å². The first-order valence-corrected chi connectivity index (χ1v) is 7.99. The lowest BCUT2D eigenvalue weighted by molar-refractivity contribution is -0.131. The summed E-state index contributed by atoms with van der Waals surface area (Å²) in [5.41, 5.74) is 0.972. The molecule has 2 aliphatic rings. The summed E-state index contributed by atoms with van der Waals surface area (Å²) in [6.45, 7) is 2.63. The Kier molecular flexibility index (Phi) is 4.24. The van der Waals surface area contributed by atoms with E-state index in [4.69, 9.17) is 0 Å². The highest BCUT2D eigenvalue weighted by atomic mass is 19.1. The largest absolute Gasteiger partial charge is 0.319 e. The topological polar surface area (TPSA) is 32.3 Å². The maximum absolute atomic E-state index is 13.1. The van der Waals surface area contributed by atoms with Crippen LogP contribution in [0.5, 0.6) is 0 Å². The van der Waals surface area contributed by atoms with Crippen molar-refractivity contribution in [2.45, 2.75) is 51.2 Å². The van der Waals surface area contributed by atoms with Gasteiger partial charge in [0, 0.05) is 6.04 Å². The molecule has 1 heterocycles. The summed E-state index contributed by atoms with van der Waals surface area (Å²) < 4.78 is 13.1. The highest BCUT2D eigenvalue weighted by molar-refractivity contribution is 5.81. The highest BCUT2D eigenvalue weighted by Crippen LogP contribution is 2.34. The van der Waals surface area contributed by atoms with Crippen LogP contribution in [0.3, 0.4) is 0 Å². The fourth-order valence-corrected chi connectivity index (χ4v) is 3.69. The number of hydrogen-bond acceptors (Lipinski definition) is 2. The fraction of sp³-hybridized carbons (Fsp3) is 0.588. The number of amides is 1. The minimum absolute atomic E-state index is 0.0960. The van der Waals surface area contributed by atoms with Crippen molar-refractivity contribution in [3.63, 3.8) is 0 Å². The molecule has 1 N–H and O–H groups in total. The summed E-state index contributed by atoms with van der Waals surface area (Å²) in [5, 5.41) is 3.27. The van der Waals surface area contributed by atoms with Gasteiger partial charge < -0.3 is 4.90 Å². The maximum atomic E-state index is 13.1. The Morgan fingerprint density at radius 3 is 2.48 bits per heavy atom. The molecule has 114 valence electrons. The molecule has 1 atom stereocenters. The van der Waals surface area contributed by atoms with Crippen molar-refractivity contribution in [1.29, 1.82) is 0 Å². The molecule has 0 spiro atoms. The number of carbonyl (C=O) groups is 1. The molecule has 1 aromatic rings. The van der Waals surface area contributed by atoms with Gasteiger partial charge >= 0.3 is 0 Å². The van der Waals surface area contributed by atoms with Crippen molar-refractivity contribution in [2.24, 2.45) is 5.92 Å². The molecule has 0 bridgehead atoms. The van der Waals surface area contributed by atoms with Gasteiger partial charge in [-0.25, -0.2) is 4.39 Å². The summed E-state index contributed by atoms with van der Waals surface area (Å²) in [5.74, 6) is 0.749. The summed E-state index contributed by atoms with van der Waals surface area (Å²) in [6, 6.07) is 6.80. The van der Waals surface area contributed by atoms with E-state index in [2.05, 4.69) is 12.2 Å². The zero-order chi connectivity index (χ0) is 14.8. The quantitative estimate of drug-likeness (QED) is 0.927. The van der Waals surface area contributed by atoms with E-state index in [0.717, 1.165) is 24.3 Å². The molecular weight excluding hydrogens is 267 g/mol. The van der Waals surface area contributed by atoms with Crippen LogP contribution in [0, 0.1) is 11.7 Å². The van der Waals surface area contributed by atoms with E-state index in [1.165, 1.54) is 31.4 Å². The van der Waals surface area contributed by atoms with Gasteiger partial charge in [0.05, 0.1) is 6.54 Å². The first-order chi connectivity index (χ1) is 10.2. The van der Waals surface area contributed by atoms with Crippen LogP contribution in [0.2, 0.25) is 0 Å². The molecule has 1 amide bonds. The van der Waals surface area contributed by atoms with E-state index < -0.39 is 0 Å². The number of nitrogens with zero attached hydrogens (tertiary/aromatic N) is 1. The first-order valence-electron chi connectivity index (χ1n) is 7.99. The molecule has 3 rings (SSSR count). The van der Waals surface area contributed by atoms with E-state index in [9.17, 15) is 9.18 Å². The number of rotatable bonds is 3. The molecule has 1 saturated heterocycles. The summed E-state index contributed by atoms with van der Waals surface area (Å²) in [6.07, 6.45) is 5.73. The van der Waals surface area contributed by atoms with Crippen molar-refractivity contribution in [2.75, 3.05) is 6.54 Å². The first kappa shape index (κ1) is 14.5. The Morgan fingerprint density at radius 1 is 1.19 bits per heavy atom. The molecule has 1 unspecified atom stereocenters. The average molecular weight is 290 g/mol. The zero-order valence-corrected chi connectivity index (χ0v) is 12.5. The maximum Gasteiger partial charge on any atom is 0.238 e. The number of hydrogen-bond donors (Lipinski definition) is 1. The minimum atomic E-state index is -0.238. The van der Waals surface area contributed by atoms with Gasteiger partial charge in [-0.05, 0) is 49.3 Å². The predicted molar refractivity (Wildman–Crippen MR) is 80.0 cm³/mol. The Balaban J connectivity index is 1.75. The van der Waals surface area contributed by atoms with Crippen LogP contribution in [0.25, 0.3) is 0 Å². The van der Waals surface area contributed by atoms with Crippen molar-refractivity contribution in [3.05, 3.63) is 35.6 Å². The van der Waals surface area contributed by atoms with Gasteiger partial charge in [-0.3, -0.25) is 10.1 Å². The van der Waals surface area contributed by atoms with Crippen LogP contribution < -0.4 is 5.32 Å². The Bertz CT molecular complexity index is 494. The molecule has 1 aromatic carbocycles. The van der Waals surface area contributed by atoms with Gasteiger partial charge in [-0.2, -0.15) is 0 Å². The molecule has 21 heavy (non-hydrogen) atoms. The smallest absolute Gasteiger partial charge is 0.238 e. The van der Waals surface area contributed by atoms with E-state index in [1.54, 1.807) is 12.1 Å². The van der Waals surface area contributed by atoms with E-state index in [1.807, 2.05) is 4.90 Å². The lowest BCUT2D eigenvalue weighted by Gasteiger charge is -2.37. The van der Waals surface area contributed by atoms with E-state index in [-0.39, 0.29) is 17.9 Å². The second-order valence-electron chi connectivity index (χ2n) is 6.22. The van der Waals surface area contributed by atoms with Crippen LogP contribution in [0.4, 0.5) is 4.39 Å². The Hall–Kier alpha value is -1.42. The molecule has 0 radical (unpaired) electrons. The number of carbonyl (C=O) groups excluding carboxylic acids is 1. The minimum Gasteiger partial charge on any atom is -0.319 e. The highest BCUT2D eigenvalue weighted by Gasteiger charge is 2.38. The van der Waals surface area contributed by atoms with Gasteiger partial charge in [0.25, 0.3) is 0 Å². The molecule has 0 aromatic heterocycles. The van der Waals surface area contributed by atoms with E-state index in [0.29, 0.717) is 12.6 Å². The molecule has 1 aliphatic heterocycles. The van der Waals surface area contributed by atoms with Crippen LogP contribution >= 0.6 is 0 Å². The molecular formula is C17H23FN2O. The summed E-state index contributed by atoms with van der Waals surface area (Å²) >= 11 is 0. The monoisotopic (exact) mass is 290 g/mol. The van der Waals surface area contributed by atoms with Crippen LogP contribution in [-0.2, 0) is 4.79 Å². The third-order valence-corrected chi connectivity index (χ3v) is 4.99. The Morgan fingerprint density at radius 2 is 1.86 bits per heavy atom. The van der Waals surface area contributed by atoms with Gasteiger partial charge in [-0.1, -0.05) is 25.5 Å². The van der Waals surface area contributed by atoms with Crippen molar-refractivity contribution in [3.8, 4) is 0 Å². The van der Waals surface area contributed by atoms with Crippen LogP contribution in [0.15, 0.2) is 24.3 Å². The molecule has 4 heteroatoms. The summed E-state index contributed by atoms with van der Waals surface area (Å²) in [4.78, 5) is 14.3. The summed E-state index contributed by atoms with van der Waals surface area (Å²) in [7, 11) is 0. The lowest BCUT2D eigenvalue weighted by Crippen LogP contribution is -2.41. The second kappa shape index (κ2) is 6.14. The standard InChI is InChI=1S/C17H23FN2O/c1-2-12-3-9-15(10-4-12)20-16(21)11-19-17(20)13-5-7-14(18)8-6-13/h5-8,12,15,17,19H,2-4,9-11H2,1H3. The fourth-order valence-electron chi connectivity index (χ4n) is 3.69. The zero-order valence-electron chi connectivity index (χ0n) is 12.5. The van der Waals surface area contributed by atoms with Gasteiger partial charge in [-0.15, -0.1) is 0 Å². The Labute approximate surface area is 125 Å². The molecule has 1 aliphatic carbocycles. The number of benzene rings is 1. The average Bonchev–Trinajstić information content (AvgIpc) is 2.90. The molecule has 1 saturated carbocycles.